The Hall–Kier alpha value is -7.30. The highest BCUT2D eigenvalue weighted by Crippen LogP contribution is 2.48. The molecule has 9 heterocycles. The number of allylic oxidation sites excluding steroid dienone is 2. The molecule has 0 aromatic carbocycles. The van der Waals surface area contributed by atoms with Crippen LogP contribution < -0.4 is 27.4 Å². The first-order valence-corrected chi connectivity index (χ1v) is 25.3. The van der Waals surface area contributed by atoms with E-state index in [9.17, 15) is 98.6 Å². The zero-order valence-corrected chi connectivity index (χ0v) is 45.8. The molecule has 0 bridgehead atoms. The number of carbonyl (C=O) groups excluding carboxylic acids is 2. The van der Waals surface area contributed by atoms with Crippen LogP contribution in [0.2, 0.25) is 0 Å². The number of hydrogen-bond acceptors (Lipinski definition) is 25. The fraction of sp³-hybridized carbons (Fsp3) is 0.569. The molecule has 31 nitrogen and oxygen atoms in total. The highest BCUT2D eigenvalue weighted by Gasteiger charge is 2.67. The van der Waals surface area contributed by atoms with E-state index in [0.29, 0.717) is 33.0 Å². The predicted molar refractivity (Wildman–Crippen MR) is 286 cm³/mol. The van der Waals surface area contributed by atoms with Crippen molar-refractivity contribution >= 4 is 29.5 Å². The van der Waals surface area contributed by atoms with Crippen molar-refractivity contribution in [1.29, 1.82) is 10.5 Å². The van der Waals surface area contributed by atoms with E-state index >= 15 is 0 Å². The molecule has 35 heteroatoms. The number of aliphatic hydroxyl groups is 11. The molecule has 0 saturated carbocycles. The van der Waals surface area contributed by atoms with Gasteiger partial charge >= 0.3 is 17.8 Å². The smallest absolute Gasteiger partial charge is 0.351 e. The summed E-state index contributed by atoms with van der Waals surface area (Å²) in [6.07, 6.45) is -3.36. The maximum Gasteiger partial charge on any atom is 0.351 e. The number of aryl methyl sites for hydroxylation is 1. The SMILES string of the molecule is C.C=C1C=CN([C@@H]2O[C@@](CO)(CF)[C@@H](O)[C@@]2(C)O)C(=O)N1.C=C1C=CN([C@]2(C#N)O[C@@](CO)(CF)[C@@H](C)[C@H]2O)C(=O)N1.C=C1NC(N)=Nc2c1ncn2[C@@H]1O[C@@](CO)(CF)[C@@H](O)[C@@]1(C)O.Cc1ccn([C@]2(C#N)O[C@@](CO)(CF)[C@@H](O)[C@H]2O)c(=O)n1. The molecule has 0 radical (unpaired) electrons. The number of nitrogens with zero attached hydrogens (tertiary/aromatic N) is 9. The van der Waals surface area contributed by atoms with Crippen molar-refractivity contribution in [2.45, 2.75) is 123 Å². The van der Waals surface area contributed by atoms with E-state index in [4.69, 9.17) is 24.7 Å². The van der Waals surface area contributed by atoms with Crippen molar-refractivity contribution in [3.63, 3.8) is 0 Å². The summed E-state index contributed by atoms with van der Waals surface area (Å²) in [7, 11) is 0. The van der Waals surface area contributed by atoms with Gasteiger partial charge in [0.2, 0.25) is 0 Å². The van der Waals surface area contributed by atoms with Gasteiger partial charge < -0.3 is 96.8 Å². The first-order valence-electron chi connectivity index (χ1n) is 25.3. The number of nitrogens with one attached hydrogen (secondary N) is 3. The maximum absolute atomic E-state index is 13.4. The van der Waals surface area contributed by atoms with Crippen LogP contribution in [0.3, 0.4) is 0 Å². The van der Waals surface area contributed by atoms with Gasteiger partial charge in [0.25, 0.3) is 11.4 Å². The summed E-state index contributed by atoms with van der Waals surface area (Å²) >= 11 is 0. The third-order valence-electron chi connectivity index (χ3n) is 15.3. The number of rotatable bonds is 12. The van der Waals surface area contributed by atoms with Crippen LogP contribution in [0.1, 0.15) is 45.8 Å². The first-order chi connectivity index (χ1) is 39.8. The number of aliphatic imine (C=N–C) groups is 1. The minimum Gasteiger partial charge on any atom is -0.393 e. The molecule has 2 aromatic rings. The standard InChI is InChI=1S/C13H18FN5O4.C13H16FN3O4.C12H14FN3O5.C12H17FN2O5.CH4/c1-6-7-8(18-11(15)17-6)19(5-16-7)10-12(2,22)9(21)13(3-14,4-20)23-10;1-8-3-4-17(11(20)16-8)13(6-15)10(19)9(2)12(5-14,7-18)21-13;1-7-2-3-16(10(20)15-7)12(5-14)9(19)8(18)11(4-13,6-17)21-12;1-7-3-4-15(10(18)14-7)9-11(2,19)8(17)12(5-13,6-16)20-9;/h5,9-10,20-22H,1,3-4H2,2H3,(H3,15,17,18);3-4,9-10,18-19H,1,5,7H2,2H3,(H,16,20);2-3,8-9,17-19H,4,6H2,1H3;3-4,8-9,16-17,19H,1,5-6H2,2H3,(H,14,18);1H4/t2*9-,10+,12+,13+;2*8-,9+,11+,12+;/m0000./s1. The minimum absolute atomic E-state index is 0. The Kier molecular flexibility index (Phi) is 20.7. The quantitative estimate of drug-likeness (QED) is 0.0929. The van der Waals surface area contributed by atoms with Crippen LogP contribution in [0.5, 0.6) is 0 Å². The number of nitriles is 2. The Balaban J connectivity index is 0.000000209. The van der Waals surface area contributed by atoms with E-state index in [1.807, 2.05) is 0 Å². The van der Waals surface area contributed by atoms with Crippen molar-refractivity contribution in [2.24, 2.45) is 16.6 Å². The van der Waals surface area contributed by atoms with Crippen LogP contribution in [-0.2, 0) is 24.7 Å². The topological polar surface area (TPSA) is 475 Å². The third-order valence-corrected chi connectivity index (χ3v) is 15.3. The lowest BCUT2D eigenvalue weighted by Crippen LogP contribution is -2.58. The molecule has 0 aliphatic carbocycles. The molecule has 86 heavy (non-hydrogen) atoms. The number of ether oxygens (including phenoxy) is 4. The Labute approximate surface area is 487 Å². The molecule has 2 aromatic heterocycles. The van der Waals surface area contributed by atoms with Gasteiger partial charge in [0.05, 0.1) is 38.5 Å². The monoisotopic (exact) mass is 1230 g/mol. The Morgan fingerprint density at radius 1 is 0.721 bits per heavy atom. The number of nitrogens with two attached hydrogens (primary N) is 1. The number of alkyl halides is 4. The molecule has 16 N–H and O–H groups in total. The van der Waals surface area contributed by atoms with Crippen LogP contribution in [0.4, 0.5) is 33.0 Å². The molecule has 16 atom stereocenters. The normalized spacial score (nSPS) is 37.6. The number of hydrogen-bond donors (Lipinski definition) is 15. The van der Waals surface area contributed by atoms with Crippen LogP contribution in [0.15, 0.2) is 84.1 Å². The molecule has 7 aliphatic rings. The number of fused-ring (bicyclic) bond motifs is 1. The van der Waals surface area contributed by atoms with Crippen molar-refractivity contribution in [3.05, 3.63) is 96.1 Å². The van der Waals surface area contributed by atoms with E-state index in [0.717, 1.165) is 16.0 Å². The first kappa shape index (κ1) is 69.5. The Morgan fingerprint density at radius 2 is 1.21 bits per heavy atom. The van der Waals surface area contributed by atoms with Gasteiger partial charge in [-0.3, -0.25) is 18.9 Å². The summed E-state index contributed by atoms with van der Waals surface area (Å²) in [6, 6.07) is 3.32. The Morgan fingerprint density at radius 3 is 1.65 bits per heavy atom. The zero-order chi connectivity index (χ0) is 63.8. The van der Waals surface area contributed by atoms with Crippen molar-refractivity contribution in [3.8, 4) is 12.1 Å². The van der Waals surface area contributed by atoms with Crippen LogP contribution in [-0.4, -0.2) is 232 Å². The number of halogens is 4. The van der Waals surface area contributed by atoms with Crippen molar-refractivity contribution in [1.82, 2.24) is 44.9 Å². The summed E-state index contributed by atoms with van der Waals surface area (Å²) in [4.78, 5) is 49.4. The number of imidazole rings is 1. The lowest BCUT2D eigenvalue weighted by Gasteiger charge is -2.37. The summed E-state index contributed by atoms with van der Waals surface area (Å²) < 4.78 is 76.3. The van der Waals surface area contributed by atoms with Gasteiger partial charge in [0.15, 0.2) is 41.0 Å². The second-order valence-electron chi connectivity index (χ2n) is 21.0. The van der Waals surface area contributed by atoms with E-state index < -0.39 is 165 Å². The number of amides is 4. The Bertz CT molecular complexity index is 3130. The molecular formula is C51H69F4N13O18. The molecule has 0 unspecified atom stereocenters. The third kappa shape index (κ3) is 11.4. The van der Waals surface area contributed by atoms with Crippen LogP contribution in [0.25, 0.3) is 5.70 Å². The fourth-order valence-electron chi connectivity index (χ4n) is 10.0. The molecule has 474 valence electrons. The van der Waals surface area contributed by atoms with Gasteiger partial charge in [-0.2, -0.15) is 20.5 Å². The van der Waals surface area contributed by atoms with Crippen LogP contribution in [0, 0.1) is 35.5 Å². The van der Waals surface area contributed by atoms with Crippen LogP contribution >= 0.6 is 0 Å². The summed E-state index contributed by atoms with van der Waals surface area (Å²) in [5.41, 5.74) is -9.56. The lowest BCUT2D eigenvalue weighted by atomic mass is 9.86. The molecule has 4 amide bonds. The zero-order valence-electron chi connectivity index (χ0n) is 45.8. The number of aromatic nitrogens is 4. The van der Waals surface area contributed by atoms with E-state index in [1.165, 1.54) is 62.3 Å². The number of urea groups is 2. The molecule has 4 saturated heterocycles. The van der Waals surface area contributed by atoms with Gasteiger partial charge in [0, 0.05) is 41.6 Å². The fourth-order valence-corrected chi connectivity index (χ4v) is 10.0. The summed E-state index contributed by atoms with van der Waals surface area (Å²) in [5.74, 6) is -0.573. The predicted octanol–water partition coefficient (Wildman–Crippen LogP) is -3.24. The average Bonchev–Trinajstić information content (AvgIpc) is 1.63. The summed E-state index contributed by atoms with van der Waals surface area (Å²) in [6.45, 7) is 8.17. The van der Waals surface area contributed by atoms with Crippen molar-refractivity contribution < 1.29 is 102 Å². The van der Waals surface area contributed by atoms with E-state index in [1.54, 1.807) is 19.1 Å². The van der Waals surface area contributed by atoms with Crippen molar-refractivity contribution in [2.75, 3.05) is 53.1 Å². The number of guanidine groups is 1. The maximum atomic E-state index is 13.4. The van der Waals surface area contributed by atoms with Gasteiger partial charge in [-0.05, 0) is 39.0 Å². The average molecular weight is 1230 g/mol. The van der Waals surface area contributed by atoms with Gasteiger partial charge in [-0.1, -0.05) is 34.1 Å². The molecule has 9 rings (SSSR count). The molecule has 0 spiro atoms. The lowest BCUT2D eigenvalue weighted by molar-refractivity contribution is -0.168. The van der Waals surface area contributed by atoms with Gasteiger partial charge in [0.1, 0.15) is 91.9 Å². The van der Waals surface area contributed by atoms with Gasteiger partial charge in [-0.25, -0.2) is 36.9 Å². The molecular weight excluding hydrogens is 1160 g/mol. The second-order valence-corrected chi connectivity index (χ2v) is 21.0. The van der Waals surface area contributed by atoms with E-state index in [-0.39, 0.29) is 19.2 Å². The summed E-state index contributed by atoms with van der Waals surface area (Å²) in [5, 5.41) is 135. The number of carbonyl (C=O) groups is 2. The molecule has 4 fully saturated rings. The van der Waals surface area contributed by atoms with E-state index in [2.05, 4.69) is 50.6 Å². The largest absolute Gasteiger partial charge is 0.393 e. The van der Waals surface area contributed by atoms with Gasteiger partial charge in [-0.15, -0.1) is 0 Å². The molecule has 7 aliphatic heterocycles. The number of aliphatic hydroxyl groups excluding tert-OH is 9. The second kappa shape index (κ2) is 25.6. The minimum atomic E-state index is -2.37. The highest BCUT2D eigenvalue weighted by molar-refractivity contribution is 5.94. The highest BCUT2D eigenvalue weighted by atomic mass is 19.1.